The highest BCUT2D eigenvalue weighted by molar-refractivity contribution is 5.94. The first-order valence-corrected chi connectivity index (χ1v) is 10.6. The number of benzene rings is 2. The van der Waals surface area contributed by atoms with Crippen LogP contribution in [0.15, 0.2) is 59.6 Å². The molecule has 0 radical (unpaired) electrons. The lowest BCUT2D eigenvalue weighted by Gasteiger charge is -2.23. The number of amides is 1. The van der Waals surface area contributed by atoms with E-state index in [1.165, 1.54) is 5.56 Å². The minimum absolute atomic E-state index is 0.0622. The predicted molar refractivity (Wildman–Crippen MR) is 125 cm³/mol. The summed E-state index contributed by atoms with van der Waals surface area (Å²) in [7, 11) is 5.85. The molecule has 6 nitrogen and oxygen atoms in total. The summed E-state index contributed by atoms with van der Waals surface area (Å²) in [5.74, 6) is 0.757. The van der Waals surface area contributed by atoms with Gasteiger partial charge in [-0.1, -0.05) is 42.5 Å². The normalized spacial score (nSPS) is 12.5. The van der Waals surface area contributed by atoms with Crippen molar-refractivity contribution in [3.8, 4) is 0 Å². The van der Waals surface area contributed by atoms with Crippen molar-refractivity contribution in [2.24, 2.45) is 4.99 Å². The Bertz CT molecular complexity index is 804. The first-order valence-electron chi connectivity index (χ1n) is 10.6. The van der Waals surface area contributed by atoms with Crippen molar-refractivity contribution in [3.63, 3.8) is 0 Å². The monoisotopic (exact) mass is 409 g/mol. The van der Waals surface area contributed by atoms with Crippen LogP contribution < -0.4 is 16.0 Å². The van der Waals surface area contributed by atoms with Crippen LogP contribution in [0.5, 0.6) is 0 Å². The highest BCUT2D eigenvalue weighted by Crippen LogP contribution is 2.08. The molecule has 3 N–H and O–H groups in total. The third kappa shape index (κ3) is 7.87. The fourth-order valence-corrected chi connectivity index (χ4v) is 3.17. The third-order valence-corrected chi connectivity index (χ3v) is 4.97. The van der Waals surface area contributed by atoms with E-state index in [0.29, 0.717) is 18.2 Å². The van der Waals surface area contributed by atoms with Crippen LogP contribution in [0.25, 0.3) is 0 Å². The van der Waals surface area contributed by atoms with E-state index in [1.54, 1.807) is 7.05 Å². The molecular formula is C24H35N5O. The van der Waals surface area contributed by atoms with E-state index < -0.39 is 0 Å². The van der Waals surface area contributed by atoms with Gasteiger partial charge < -0.3 is 20.9 Å². The molecule has 0 aliphatic carbocycles. The van der Waals surface area contributed by atoms with Gasteiger partial charge in [-0.3, -0.25) is 9.79 Å². The average Bonchev–Trinajstić information content (AvgIpc) is 2.76. The van der Waals surface area contributed by atoms with Crippen LogP contribution in [0.4, 0.5) is 0 Å². The number of likely N-dealkylation sites (N-methyl/N-ethyl adjacent to an activating group) is 1. The highest BCUT2D eigenvalue weighted by Gasteiger charge is 2.12. The Hall–Kier alpha value is -2.86. The maximum atomic E-state index is 11.8. The highest BCUT2D eigenvalue weighted by atomic mass is 16.1. The van der Waals surface area contributed by atoms with Gasteiger partial charge in [-0.2, -0.15) is 0 Å². The number of carbonyl (C=O) groups excluding carboxylic acids is 1. The van der Waals surface area contributed by atoms with Gasteiger partial charge in [0.25, 0.3) is 5.91 Å². The van der Waals surface area contributed by atoms with Crippen LogP contribution in [-0.2, 0) is 12.8 Å². The Morgan fingerprint density at radius 3 is 2.43 bits per heavy atom. The van der Waals surface area contributed by atoms with E-state index >= 15 is 0 Å². The molecule has 0 bridgehead atoms. The summed E-state index contributed by atoms with van der Waals surface area (Å²) in [6.07, 6.45) is 1.78. The van der Waals surface area contributed by atoms with Crippen LogP contribution in [0.3, 0.4) is 0 Å². The summed E-state index contributed by atoms with van der Waals surface area (Å²) in [6.45, 7) is 4.33. The summed E-state index contributed by atoms with van der Waals surface area (Å²) in [5.41, 5.74) is 3.13. The second-order valence-corrected chi connectivity index (χ2v) is 7.48. The standard InChI is InChI=1S/C24H35N5O/c1-5-26-24(27-15-14-20-12-9-13-21(16-20)23(30)25-2)28-18-22(29(3)4)17-19-10-7-6-8-11-19/h6-13,16,22H,5,14-15,17-18H2,1-4H3,(H,25,30)(H2,26,27,28). The zero-order valence-corrected chi connectivity index (χ0v) is 18.6. The molecule has 0 saturated heterocycles. The van der Waals surface area contributed by atoms with Gasteiger partial charge in [0.15, 0.2) is 5.96 Å². The first-order chi connectivity index (χ1) is 14.5. The molecule has 1 unspecified atom stereocenters. The predicted octanol–water partition coefficient (Wildman–Crippen LogP) is 2.32. The van der Waals surface area contributed by atoms with E-state index in [9.17, 15) is 4.79 Å². The summed E-state index contributed by atoms with van der Waals surface area (Å²) in [4.78, 5) is 18.8. The second kappa shape index (κ2) is 12.6. The molecule has 1 amide bonds. The molecule has 0 saturated carbocycles. The third-order valence-electron chi connectivity index (χ3n) is 4.97. The minimum atomic E-state index is -0.0622. The number of hydrogen-bond acceptors (Lipinski definition) is 3. The van der Waals surface area contributed by atoms with E-state index in [2.05, 4.69) is 66.1 Å². The molecule has 0 aromatic heterocycles. The molecule has 162 valence electrons. The fourth-order valence-electron chi connectivity index (χ4n) is 3.17. The summed E-state index contributed by atoms with van der Waals surface area (Å²) >= 11 is 0. The Morgan fingerprint density at radius 2 is 1.77 bits per heavy atom. The Balaban J connectivity index is 1.93. The first kappa shape index (κ1) is 23.4. The number of hydrogen-bond donors (Lipinski definition) is 3. The number of nitrogens with one attached hydrogen (secondary N) is 3. The van der Waals surface area contributed by atoms with Gasteiger partial charge >= 0.3 is 0 Å². The Kier molecular flexibility index (Phi) is 9.87. The van der Waals surface area contributed by atoms with Crippen molar-refractivity contribution in [1.29, 1.82) is 0 Å². The molecule has 0 aliphatic heterocycles. The molecule has 2 rings (SSSR count). The van der Waals surface area contributed by atoms with Crippen LogP contribution in [0.2, 0.25) is 0 Å². The molecule has 0 heterocycles. The Labute approximate surface area is 180 Å². The second-order valence-electron chi connectivity index (χ2n) is 7.48. The molecule has 0 fully saturated rings. The molecule has 2 aromatic carbocycles. The number of carbonyl (C=O) groups is 1. The molecule has 0 aliphatic rings. The lowest BCUT2D eigenvalue weighted by molar-refractivity contribution is 0.0963. The minimum Gasteiger partial charge on any atom is -0.357 e. The van der Waals surface area contributed by atoms with Gasteiger partial charge in [0, 0.05) is 31.7 Å². The average molecular weight is 410 g/mol. The molecular weight excluding hydrogens is 374 g/mol. The summed E-state index contributed by atoms with van der Waals surface area (Å²) in [5, 5.41) is 9.40. The van der Waals surface area contributed by atoms with Crippen molar-refractivity contribution >= 4 is 11.9 Å². The lowest BCUT2D eigenvalue weighted by Crippen LogP contribution is -2.40. The Morgan fingerprint density at radius 1 is 1.03 bits per heavy atom. The number of nitrogens with zero attached hydrogens (tertiary/aromatic N) is 2. The van der Waals surface area contributed by atoms with E-state index in [4.69, 9.17) is 4.99 Å². The van der Waals surface area contributed by atoms with Gasteiger partial charge in [-0.05, 0) is 57.1 Å². The van der Waals surface area contributed by atoms with E-state index in [-0.39, 0.29) is 5.91 Å². The maximum absolute atomic E-state index is 11.8. The topological polar surface area (TPSA) is 68.8 Å². The number of aliphatic imine (C=N–C) groups is 1. The molecule has 1 atom stereocenters. The van der Waals surface area contributed by atoms with Gasteiger partial charge in [-0.25, -0.2) is 0 Å². The molecule has 6 heteroatoms. The quantitative estimate of drug-likeness (QED) is 0.416. The van der Waals surface area contributed by atoms with E-state index in [1.807, 2.05) is 30.3 Å². The van der Waals surface area contributed by atoms with Crippen molar-refractivity contribution in [2.75, 3.05) is 40.8 Å². The zero-order valence-electron chi connectivity index (χ0n) is 18.6. The fraction of sp³-hybridized carbons (Fsp3) is 0.417. The van der Waals surface area contributed by atoms with Gasteiger partial charge in [-0.15, -0.1) is 0 Å². The van der Waals surface area contributed by atoms with Gasteiger partial charge in [0.05, 0.1) is 6.54 Å². The molecule has 2 aromatic rings. The van der Waals surface area contributed by atoms with Gasteiger partial charge in [0.1, 0.15) is 0 Å². The SMILES string of the molecule is CCNC(=NCC(Cc1ccccc1)N(C)C)NCCc1cccc(C(=O)NC)c1. The van der Waals surface area contributed by atoms with E-state index in [0.717, 1.165) is 37.5 Å². The van der Waals surface area contributed by atoms with Crippen molar-refractivity contribution < 1.29 is 4.79 Å². The summed E-state index contributed by atoms with van der Waals surface area (Å²) in [6, 6.07) is 18.6. The lowest BCUT2D eigenvalue weighted by atomic mass is 10.1. The smallest absolute Gasteiger partial charge is 0.251 e. The van der Waals surface area contributed by atoms with Crippen LogP contribution in [0.1, 0.15) is 28.4 Å². The largest absolute Gasteiger partial charge is 0.357 e. The number of guanidine groups is 1. The van der Waals surface area contributed by atoms with Crippen LogP contribution >= 0.6 is 0 Å². The maximum Gasteiger partial charge on any atom is 0.251 e. The van der Waals surface area contributed by atoms with Crippen molar-refractivity contribution in [2.45, 2.75) is 25.8 Å². The number of rotatable bonds is 10. The summed E-state index contributed by atoms with van der Waals surface area (Å²) < 4.78 is 0. The molecule has 30 heavy (non-hydrogen) atoms. The van der Waals surface area contributed by atoms with Crippen molar-refractivity contribution in [1.82, 2.24) is 20.9 Å². The van der Waals surface area contributed by atoms with Crippen LogP contribution in [-0.4, -0.2) is 63.6 Å². The zero-order chi connectivity index (χ0) is 21.8. The molecule has 0 spiro atoms. The van der Waals surface area contributed by atoms with Crippen LogP contribution in [0, 0.1) is 0 Å². The van der Waals surface area contributed by atoms with Crippen molar-refractivity contribution in [3.05, 3.63) is 71.3 Å². The van der Waals surface area contributed by atoms with Gasteiger partial charge in [0.2, 0.25) is 0 Å².